The highest BCUT2D eigenvalue weighted by molar-refractivity contribution is 7.16. The third-order valence-corrected chi connectivity index (χ3v) is 4.07. The van der Waals surface area contributed by atoms with E-state index in [4.69, 9.17) is 27.3 Å². The Morgan fingerprint density at radius 2 is 1.96 bits per heavy atom. The average Bonchev–Trinajstić information content (AvgIpc) is 3.01. The molecule has 0 atom stereocenters. The first-order valence-electron chi connectivity index (χ1n) is 7.84. The molecule has 8 heteroatoms. The Balaban J connectivity index is 1.63. The number of rotatable bonds is 9. The maximum Gasteiger partial charge on any atom is 0.192 e. The fourth-order valence-electron chi connectivity index (χ4n) is 2.00. The Morgan fingerprint density at radius 1 is 1.20 bits per heavy atom. The fourth-order valence-corrected chi connectivity index (χ4v) is 2.74. The molecule has 2 rings (SSSR count). The minimum Gasteiger partial charge on any atom is -0.494 e. The van der Waals surface area contributed by atoms with Crippen molar-refractivity contribution in [2.45, 2.75) is 19.3 Å². The Morgan fingerprint density at radius 3 is 2.64 bits per heavy atom. The van der Waals surface area contributed by atoms with Crippen molar-refractivity contribution in [3.63, 3.8) is 0 Å². The highest BCUT2D eigenvalue weighted by Gasteiger charge is 1.99. The third kappa shape index (κ3) is 6.64. The van der Waals surface area contributed by atoms with E-state index in [0.29, 0.717) is 17.2 Å². The first kappa shape index (κ1) is 18.5. The molecule has 0 bridgehead atoms. The van der Waals surface area contributed by atoms with Crippen LogP contribution in [0, 0.1) is 5.41 Å². The Kier molecular flexibility index (Phi) is 6.97. The van der Waals surface area contributed by atoms with Gasteiger partial charge in [0.1, 0.15) is 21.6 Å². The zero-order valence-corrected chi connectivity index (χ0v) is 14.6. The molecule has 0 amide bonds. The minimum atomic E-state index is 0.0371. The predicted octanol–water partition coefficient (Wildman–Crippen LogP) is 2.59. The van der Waals surface area contributed by atoms with Crippen molar-refractivity contribution in [1.82, 2.24) is 4.98 Å². The molecule has 0 unspecified atom stereocenters. The molecule has 1 heterocycles. The number of nitrogens with zero attached hydrogens (tertiary/aromatic N) is 2. The van der Waals surface area contributed by atoms with Gasteiger partial charge in [0.15, 0.2) is 5.96 Å². The van der Waals surface area contributed by atoms with Crippen LogP contribution < -0.4 is 21.9 Å². The summed E-state index contributed by atoms with van der Waals surface area (Å²) in [5, 5.41) is 8.92. The molecule has 0 aliphatic heterocycles. The number of hydrogen-bond donors (Lipinski definition) is 4. The topological polar surface area (TPSA) is 136 Å². The van der Waals surface area contributed by atoms with Crippen molar-refractivity contribution in [2.75, 3.05) is 6.61 Å². The van der Waals surface area contributed by atoms with Gasteiger partial charge in [-0.1, -0.05) is 17.4 Å². The van der Waals surface area contributed by atoms with Crippen LogP contribution in [0.25, 0.3) is 6.08 Å². The molecular weight excluding hydrogens is 336 g/mol. The maximum absolute atomic E-state index is 7.34. The average molecular weight is 358 g/mol. The summed E-state index contributed by atoms with van der Waals surface area (Å²) in [6.07, 6.45) is 8.63. The first-order valence-corrected chi connectivity index (χ1v) is 8.65. The number of amidine groups is 1. The number of allylic oxidation sites excluding steroid dienone is 1. The summed E-state index contributed by atoms with van der Waals surface area (Å²) >= 11 is 1.44. The van der Waals surface area contributed by atoms with Crippen LogP contribution in [0.1, 0.15) is 29.8 Å². The molecule has 0 saturated heterocycles. The van der Waals surface area contributed by atoms with Gasteiger partial charge >= 0.3 is 0 Å². The van der Waals surface area contributed by atoms with E-state index < -0.39 is 0 Å². The second-order valence-electron chi connectivity index (χ2n) is 5.26. The molecule has 7 nitrogen and oxygen atoms in total. The van der Waals surface area contributed by atoms with Crippen molar-refractivity contribution in [3.05, 3.63) is 47.1 Å². The molecule has 0 radical (unpaired) electrons. The van der Waals surface area contributed by atoms with Gasteiger partial charge < -0.3 is 21.9 Å². The van der Waals surface area contributed by atoms with E-state index in [1.54, 1.807) is 18.3 Å². The van der Waals surface area contributed by atoms with Crippen LogP contribution >= 0.6 is 11.3 Å². The van der Waals surface area contributed by atoms with Crippen molar-refractivity contribution in [1.29, 1.82) is 5.41 Å². The predicted molar refractivity (Wildman–Crippen MR) is 103 cm³/mol. The van der Waals surface area contributed by atoms with Gasteiger partial charge in [-0.05, 0) is 49.6 Å². The largest absolute Gasteiger partial charge is 0.494 e. The van der Waals surface area contributed by atoms with Gasteiger partial charge in [-0.25, -0.2) is 9.98 Å². The molecule has 0 fully saturated rings. The van der Waals surface area contributed by atoms with Gasteiger partial charge in [0.25, 0.3) is 0 Å². The van der Waals surface area contributed by atoms with Crippen molar-refractivity contribution in [3.8, 4) is 5.75 Å². The molecule has 132 valence electrons. The Labute approximate surface area is 150 Å². The van der Waals surface area contributed by atoms with Gasteiger partial charge in [0.05, 0.1) is 12.8 Å². The lowest BCUT2D eigenvalue weighted by atomic mass is 10.2. The molecule has 0 saturated carbocycles. The van der Waals surface area contributed by atoms with E-state index in [2.05, 4.69) is 16.1 Å². The number of nitrogen functional groups attached to an aromatic ring is 1. The van der Waals surface area contributed by atoms with E-state index in [1.807, 2.05) is 18.2 Å². The normalized spacial score (nSPS) is 10.7. The van der Waals surface area contributed by atoms with E-state index in [1.165, 1.54) is 11.3 Å². The molecular formula is C17H22N6OS. The molecule has 0 aliphatic rings. The maximum atomic E-state index is 7.34. The minimum absolute atomic E-state index is 0.0371. The van der Waals surface area contributed by atoms with Gasteiger partial charge in [0.2, 0.25) is 0 Å². The second-order valence-corrected chi connectivity index (χ2v) is 6.30. The number of aliphatic imine (C=N–C) groups is 1. The molecule has 0 spiro atoms. The van der Waals surface area contributed by atoms with Crippen LogP contribution in [0.5, 0.6) is 5.75 Å². The number of nitrogens with one attached hydrogen (secondary N) is 1. The van der Waals surface area contributed by atoms with E-state index in [0.717, 1.165) is 30.0 Å². The molecule has 7 N–H and O–H groups in total. The standard InChI is InChI=1S/C17H22N6OS/c18-16(19)12-6-8-13(9-7-12)24-10-4-2-1-3-5-14-22-11-15(25-14)23-17(20)21/h3,5-9,11H,1-2,4,10H2,(H3,18,19)(H4,20,21,23). The molecule has 25 heavy (non-hydrogen) atoms. The van der Waals surface area contributed by atoms with Gasteiger partial charge in [-0.15, -0.1) is 0 Å². The summed E-state index contributed by atoms with van der Waals surface area (Å²) in [6, 6.07) is 7.22. The van der Waals surface area contributed by atoms with E-state index in [9.17, 15) is 0 Å². The summed E-state index contributed by atoms with van der Waals surface area (Å²) in [6.45, 7) is 0.652. The van der Waals surface area contributed by atoms with Crippen LogP contribution in [-0.4, -0.2) is 23.4 Å². The Bertz CT molecular complexity index is 747. The van der Waals surface area contributed by atoms with Crippen LogP contribution in [0.4, 0.5) is 5.00 Å². The summed E-state index contributed by atoms with van der Waals surface area (Å²) in [4.78, 5) is 8.18. The number of unbranched alkanes of at least 4 members (excludes halogenated alkanes) is 2. The number of thiazole rings is 1. The van der Waals surface area contributed by atoms with Crippen LogP contribution in [0.2, 0.25) is 0 Å². The lowest BCUT2D eigenvalue weighted by Gasteiger charge is -2.06. The van der Waals surface area contributed by atoms with Crippen LogP contribution in [0.15, 0.2) is 41.5 Å². The number of hydrogen-bond acceptors (Lipinski definition) is 5. The van der Waals surface area contributed by atoms with E-state index >= 15 is 0 Å². The first-order chi connectivity index (χ1) is 12.0. The van der Waals surface area contributed by atoms with Gasteiger partial charge in [0, 0.05) is 5.56 Å². The molecule has 2 aromatic rings. The summed E-state index contributed by atoms with van der Waals surface area (Å²) in [5.41, 5.74) is 16.8. The second kappa shape index (κ2) is 9.43. The fraction of sp³-hybridized carbons (Fsp3) is 0.235. The van der Waals surface area contributed by atoms with Gasteiger partial charge in [-0.3, -0.25) is 5.41 Å². The van der Waals surface area contributed by atoms with Crippen LogP contribution in [0.3, 0.4) is 0 Å². The van der Waals surface area contributed by atoms with Crippen molar-refractivity contribution < 1.29 is 4.74 Å². The molecule has 1 aromatic heterocycles. The van der Waals surface area contributed by atoms with Gasteiger partial charge in [-0.2, -0.15) is 0 Å². The van der Waals surface area contributed by atoms with Crippen LogP contribution in [-0.2, 0) is 0 Å². The zero-order valence-electron chi connectivity index (χ0n) is 13.8. The highest BCUT2D eigenvalue weighted by Crippen LogP contribution is 2.22. The van der Waals surface area contributed by atoms with Crippen molar-refractivity contribution in [2.24, 2.45) is 22.2 Å². The SMILES string of the molecule is N=C(N)c1ccc(OCCCCC=Cc2ncc(N=C(N)N)s2)cc1. The lowest BCUT2D eigenvalue weighted by molar-refractivity contribution is 0.307. The Hall–Kier alpha value is -2.87. The quantitative estimate of drug-likeness (QED) is 0.310. The number of ether oxygens (including phenoxy) is 1. The monoisotopic (exact) mass is 358 g/mol. The smallest absolute Gasteiger partial charge is 0.192 e. The molecule has 1 aromatic carbocycles. The number of benzene rings is 1. The summed E-state index contributed by atoms with van der Waals surface area (Å²) < 4.78 is 5.66. The lowest BCUT2D eigenvalue weighted by Crippen LogP contribution is -2.21. The third-order valence-electron chi connectivity index (χ3n) is 3.21. The zero-order chi connectivity index (χ0) is 18.1. The number of nitrogens with two attached hydrogens (primary N) is 3. The number of aromatic nitrogens is 1. The summed E-state index contributed by atoms with van der Waals surface area (Å²) in [5.74, 6) is 0.884. The highest BCUT2D eigenvalue weighted by atomic mass is 32.1. The molecule has 0 aliphatic carbocycles. The van der Waals surface area contributed by atoms with Crippen molar-refractivity contribution >= 4 is 34.2 Å². The van der Waals surface area contributed by atoms with E-state index in [-0.39, 0.29) is 11.8 Å². The number of guanidine groups is 1. The summed E-state index contributed by atoms with van der Waals surface area (Å²) in [7, 11) is 0.